The number of benzene rings is 3. The van der Waals surface area contributed by atoms with Gasteiger partial charge in [-0.05, 0) is 35.9 Å². The van der Waals surface area contributed by atoms with Crippen LogP contribution in [0.25, 0.3) is 32.6 Å². The maximum absolute atomic E-state index is 12.7. The van der Waals surface area contributed by atoms with Crippen molar-refractivity contribution in [3.63, 3.8) is 0 Å². The van der Waals surface area contributed by atoms with Crippen molar-refractivity contribution in [1.82, 2.24) is 4.57 Å². The lowest BCUT2D eigenvalue weighted by atomic mass is 10.1. The second kappa shape index (κ2) is 6.74. The van der Waals surface area contributed by atoms with Crippen molar-refractivity contribution in [1.29, 1.82) is 0 Å². The zero-order chi connectivity index (χ0) is 20.0. The van der Waals surface area contributed by atoms with E-state index in [1.807, 2.05) is 55.6 Å². The number of carbonyl (C=O) groups is 1. The highest BCUT2D eigenvalue weighted by atomic mass is 16.3. The maximum atomic E-state index is 12.7. The van der Waals surface area contributed by atoms with Crippen LogP contribution in [0.4, 0.5) is 0 Å². The zero-order valence-corrected chi connectivity index (χ0v) is 16.3. The minimum atomic E-state index is -0.126. The number of ketones is 1. The molecular formula is C25H20N2O2. The molecule has 0 amide bonds. The Morgan fingerprint density at radius 2 is 1.76 bits per heavy atom. The number of hydrogen-bond acceptors (Lipinski definition) is 3. The van der Waals surface area contributed by atoms with E-state index in [1.165, 1.54) is 0 Å². The summed E-state index contributed by atoms with van der Waals surface area (Å²) in [4.78, 5) is 17.1. The molecule has 0 aliphatic rings. The lowest BCUT2D eigenvalue weighted by Crippen LogP contribution is -2.02. The number of aromatic nitrogens is 1. The van der Waals surface area contributed by atoms with E-state index in [2.05, 4.69) is 34.7 Å². The molecule has 0 unspecified atom stereocenters. The van der Waals surface area contributed by atoms with Gasteiger partial charge in [0.05, 0.1) is 0 Å². The number of furan rings is 1. The number of fused-ring (bicyclic) bond motifs is 4. The topological polar surface area (TPSA) is 47.5 Å². The van der Waals surface area contributed by atoms with Crippen LogP contribution in [0, 0.1) is 6.92 Å². The standard InChI is InChI=1S/C25H20N2O2/c1-16-21(19-9-5-6-10-22(19)27(16)2)14-26-15-23(28)25-13-20-18-8-4-3-7-17(18)11-12-24(20)29-25/h3-14H,15H2,1-2H3. The summed E-state index contributed by atoms with van der Waals surface area (Å²) in [5.41, 5.74) is 4.05. The minimum Gasteiger partial charge on any atom is -0.453 e. The molecule has 0 aliphatic heterocycles. The first-order valence-corrected chi connectivity index (χ1v) is 9.62. The van der Waals surface area contributed by atoms with Crippen LogP contribution >= 0.6 is 0 Å². The summed E-state index contributed by atoms with van der Waals surface area (Å²) in [6.45, 7) is 2.12. The molecule has 0 radical (unpaired) electrons. The van der Waals surface area contributed by atoms with E-state index in [0.717, 1.165) is 43.9 Å². The molecule has 4 heteroatoms. The second-order valence-corrected chi connectivity index (χ2v) is 7.28. The fourth-order valence-electron chi connectivity index (χ4n) is 3.94. The molecule has 0 saturated carbocycles. The van der Waals surface area contributed by atoms with Crippen LogP contribution in [0.1, 0.15) is 21.8 Å². The number of Topliss-reactive ketones (excluding diaryl/α,β-unsaturated/α-hetero) is 1. The Bertz CT molecular complexity index is 1420. The lowest BCUT2D eigenvalue weighted by molar-refractivity contribution is 0.0978. The maximum Gasteiger partial charge on any atom is 0.219 e. The van der Waals surface area contributed by atoms with E-state index < -0.39 is 0 Å². The molecule has 5 rings (SSSR count). The van der Waals surface area contributed by atoms with Crippen molar-refractivity contribution in [2.45, 2.75) is 6.92 Å². The van der Waals surface area contributed by atoms with E-state index in [-0.39, 0.29) is 12.3 Å². The predicted octanol–water partition coefficient (Wildman–Crippen LogP) is 5.69. The van der Waals surface area contributed by atoms with Crippen molar-refractivity contribution < 1.29 is 9.21 Å². The van der Waals surface area contributed by atoms with Crippen LogP contribution in [-0.4, -0.2) is 23.1 Å². The number of nitrogens with zero attached hydrogens (tertiary/aromatic N) is 2. The quantitative estimate of drug-likeness (QED) is 0.297. The summed E-state index contributed by atoms with van der Waals surface area (Å²) in [5.74, 6) is 0.225. The lowest BCUT2D eigenvalue weighted by Gasteiger charge is -1.97. The molecule has 0 aliphatic carbocycles. The Morgan fingerprint density at radius 3 is 2.62 bits per heavy atom. The van der Waals surface area contributed by atoms with Crippen molar-refractivity contribution >= 4 is 44.6 Å². The number of hydrogen-bond donors (Lipinski definition) is 0. The van der Waals surface area contributed by atoms with E-state index >= 15 is 0 Å². The van der Waals surface area contributed by atoms with Gasteiger partial charge in [0.2, 0.25) is 5.78 Å². The number of aryl methyl sites for hydroxylation is 1. The summed E-state index contributed by atoms with van der Waals surface area (Å²) in [5, 5.41) is 4.31. The van der Waals surface area contributed by atoms with Gasteiger partial charge in [-0.1, -0.05) is 48.5 Å². The van der Waals surface area contributed by atoms with Gasteiger partial charge in [-0.25, -0.2) is 0 Å². The molecule has 0 atom stereocenters. The summed E-state index contributed by atoms with van der Waals surface area (Å²) in [7, 11) is 2.04. The Kier molecular flexibility index (Phi) is 4.06. The van der Waals surface area contributed by atoms with Crippen LogP contribution < -0.4 is 0 Å². The van der Waals surface area contributed by atoms with Crippen LogP contribution in [0.3, 0.4) is 0 Å². The first-order valence-electron chi connectivity index (χ1n) is 9.62. The largest absolute Gasteiger partial charge is 0.453 e. The van der Waals surface area contributed by atoms with Gasteiger partial charge in [-0.2, -0.15) is 0 Å². The molecule has 0 N–H and O–H groups in total. The van der Waals surface area contributed by atoms with Crippen molar-refractivity contribution in [2.75, 3.05) is 6.54 Å². The third-order valence-corrected chi connectivity index (χ3v) is 5.60. The van der Waals surface area contributed by atoms with E-state index in [0.29, 0.717) is 5.76 Å². The number of rotatable bonds is 4. The third kappa shape index (κ3) is 2.85. The number of aliphatic imine (C=N–C) groups is 1. The summed E-state index contributed by atoms with van der Waals surface area (Å²) in [6.07, 6.45) is 1.80. The summed E-state index contributed by atoms with van der Waals surface area (Å²) in [6, 6.07) is 22.1. The first-order chi connectivity index (χ1) is 14.1. The van der Waals surface area contributed by atoms with Crippen molar-refractivity contribution in [3.05, 3.63) is 83.7 Å². The molecule has 0 fully saturated rings. The average molecular weight is 380 g/mol. The molecular weight excluding hydrogens is 360 g/mol. The normalized spacial score (nSPS) is 11.9. The zero-order valence-electron chi connectivity index (χ0n) is 16.3. The monoisotopic (exact) mass is 380 g/mol. The highest BCUT2D eigenvalue weighted by molar-refractivity contribution is 6.09. The Hall–Kier alpha value is -3.66. The molecule has 29 heavy (non-hydrogen) atoms. The van der Waals surface area contributed by atoms with Crippen molar-refractivity contribution in [3.8, 4) is 0 Å². The third-order valence-electron chi connectivity index (χ3n) is 5.60. The molecule has 0 saturated heterocycles. The van der Waals surface area contributed by atoms with Gasteiger partial charge < -0.3 is 8.98 Å². The SMILES string of the molecule is Cc1c(C=NCC(=O)c2cc3c(ccc4ccccc43)o2)c2ccccc2n1C. The van der Waals surface area contributed by atoms with Gasteiger partial charge in [0.15, 0.2) is 5.76 Å². The molecule has 2 heterocycles. The molecule has 5 aromatic rings. The van der Waals surface area contributed by atoms with Crippen LogP contribution in [0.15, 0.2) is 76.1 Å². The van der Waals surface area contributed by atoms with Crippen LogP contribution in [-0.2, 0) is 7.05 Å². The Balaban J connectivity index is 1.44. The summed E-state index contributed by atoms with van der Waals surface area (Å²) < 4.78 is 7.95. The number of carbonyl (C=O) groups excluding carboxylic acids is 1. The average Bonchev–Trinajstić information content (AvgIpc) is 3.29. The summed E-state index contributed by atoms with van der Waals surface area (Å²) >= 11 is 0. The molecule has 142 valence electrons. The minimum absolute atomic E-state index is 0.0560. The smallest absolute Gasteiger partial charge is 0.219 e. The van der Waals surface area contributed by atoms with Gasteiger partial charge in [-0.3, -0.25) is 9.79 Å². The van der Waals surface area contributed by atoms with Gasteiger partial charge in [-0.15, -0.1) is 0 Å². The highest BCUT2D eigenvalue weighted by Gasteiger charge is 2.14. The number of para-hydroxylation sites is 1. The van der Waals surface area contributed by atoms with E-state index in [9.17, 15) is 4.79 Å². The Morgan fingerprint density at radius 1 is 1.00 bits per heavy atom. The van der Waals surface area contributed by atoms with Crippen molar-refractivity contribution in [2.24, 2.45) is 12.0 Å². The molecule has 0 spiro atoms. The van der Waals surface area contributed by atoms with Gasteiger partial charge in [0.25, 0.3) is 0 Å². The van der Waals surface area contributed by atoms with E-state index in [4.69, 9.17) is 4.42 Å². The Labute approximate surface area is 168 Å². The second-order valence-electron chi connectivity index (χ2n) is 7.28. The first kappa shape index (κ1) is 17.4. The van der Waals surface area contributed by atoms with Gasteiger partial charge >= 0.3 is 0 Å². The molecule has 4 nitrogen and oxygen atoms in total. The van der Waals surface area contributed by atoms with Crippen LogP contribution in [0.2, 0.25) is 0 Å². The highest BCUT2D eigenvalue weighted by Crippen LogP contribution is 2.28. The molecule has 2 aromatic heterocycles. The van der Waals surface area contributed by atoms with Crippen LogP contribution in [0.5, 0.6) is 0 Å². The van der Waals surface area contributed by atoms with Gasteiger partial charge in [0, 0.05) is 40.8 Å². The van der Waals surface area contributed by atoms with E-state index in [1.54, 1.807) is 6.21 Å². The molecule has 0 bridgehead atoms. The fourth-order valence-corrected chi connectivity index (χ4v) is 3.94. The predicted molar refractivity (Wildman–Crippen MR) is 118 cm³/mol. The molecule has 3 aromatic carbocycles. The van der Waals surface area contributed by atoms with Gasteiger partial charge in [0.1, 0.15) is 12.1 Å². The fraction of sp³-hybridized carbons (Fsp3) is 0.120.